The Bertz CT molecular complexity index is 633. The van der Waals surface area contributed by atoms with Crippen LogP contribution in [0, 0.1) is 0 Å². The van der Waals surface area contributed by atoms with Crippen LogP contribution in [0.25, 0.3) is 0 Å². The van der Waals surface area contributed by atoms with Crippen LogP contribution >= 0.6 is 0 Å². The maximum Gasteiger partial charge on any atom is 0.229 e. The molecule has 8 nitrogen and oxygen atoms in total. The van der Waals surface area contributed by atoms with Gasteiger partial charge in [0.15, 0.2) is 0 Å². The lowest BCUT2D eigenvalue weighted by molar-refractivity contribution is 0.671. The van der Waals surface area contributed by atoms with E-state index in [1.165, 1.54) is 12.8 Å². The number of nitrogens with one attached hydrogen (secondary N) is 1. The van der Waals surface area contributed by atoms with E-state index in [2.05, 4.69) is 48.9 Å². The zero-order valence-corrected chi connectivity index (χ0v) is 14.2. The highest BCUT2D eigenvalue weighted by Crippen LogP contribution is 2.38. The summed E-state index contributed by atoms with van der Waals surface area (Å²) in [7, 11) is 3.87. The highest BCUT2D eigenvalue weighted by molar-refractivity contribution is 5.36. The van der Waals surface area contributed by atoms with Crippen molar-refractivity contribution in [1.29, 1.82) is 0 Å². The molecule has 0 atom stereocenters. The second-order valence-electron chi connectivity index (χ2n) is 6.45. The van der Waals surface area contributed by atoms with Crippen molar-refractivity contribution in [3.05, 3.63) is 18.0 Å². The van der Waals surface area contributed by atoms with Crippen LogP contribution in [0.4, 0.5) is 11.9 Å². The van der Waals surface area contributed by atoms with Gasteiger partial charge in [-0.1, -0.05) is 13.8 Å². The van der Waals surface area contributed by atoms with Crippen LogP contribution in [0.2, 0.25) is 0 Å². The standard InChI is InChI=1S/C15H24N8/c1-10(2)12-18-14(20-15(19-12)22(3)4)16-7-8-23-9-17-21-13(23)11-5-6-11/h9-11H,5-8H2,1-4H3,(H,16,18,19,20). The molecule has 2 aromatic heterocycles. The molecule has 1 aliphatic rings. The fourth-order valence-corrected chi connectivity index (χ4v) is 2.30. The summed E-state index contributed by atoms with van der Waals surface area (Å²) in [5, 5.41) is 11.5. The summed E-state index contributed by atoms with van der Waals surface area (Å²) in [5.74, 6) is 4.05. The van der Waals surface area contributed by atoms with Gasteiger partial charge in [0.2, 0.25) is 11.9 Å². The number of rotatable bonds is 7. The van der Waals surface area contributed by atoms with E-state index in [1.54, 1.807) is 6.33 Å². The first kappa shape index (κ1) is 15.6. The fraction of sp³-hybridized carbons (Fsp3) is 0.667. The van der Waals surface area contributed by atoms with E-state index in [0.29, 0.717) is 17.8 Å². The monoisotopic (exact) mass is 316 g/mol. The summed E-state index contributed by atoms with van der Waals surface area (Å²) in [5.41, 5.74) is 0. The predicted molar refractivity (Wildman–Crippen MR) is 88.7 cm³/mol. The van der Waals surface area contributed by atoms with Gasteiger partial charge in [-0.25, -0.2) is 0 Å². The van der Waals surface area contributed by atoms with Crippen molar-refractivity contribution < 1.29 is 0 Å². The Morgan fingerprint density at radius 1 is 1.26 bits per heavy atom. The SMILES string of the molecule is CC(C)c1nc(NCCn2cnnc2C2CC2)nc(N(C)C)n1. The molecular formula is C15H24N8. The molecule has 1 aliphatic carbocycles. The molecule has 0 saturated heterocycles. The molecule has 1 fully saturated rings. The van der Waals surface area contributed by atoms with Crippen molar-refractivity contribution in [1.82, 2.24) is 29.7 Å². The molecule has 1 N–H and O–H groups in total. The Hall–Kier alpha value is -2.25. The zero-order chi connectivity index (χ0) is 16.4. The van der Waals surface area contributed by atoms with Gasteiger partial charge in [-0.3, -0.25) is 0 Å². The third-order valence-corrected chi connectivity index (χ3v) is 3.78. The molecule has 0 radical (unpaired) electrons. The van der Waals surface area contributed by atoms with Gasteiger partial charge in [0.1, 0.15) is 18.0 Å². The van der Waals surface area contributed by atoms with Gasteiger partial charge in [-0.15, -0.1) is 10.2 Å². The van der Waals surface area contributed by atoms with Gasteiger partial charge in [0.25, 0.3) is 0 Å². The molecule has 0 amide bonds. The van der Waals surface area contributed by atoms with E-state index >= 15 is 0 Å². The largest absolute Gasteiger partial charge is 0.352 e. The van der Waals surface area contributed by atoms with Crippen molar-refractivity contribution >= 4 is 11.9 Å². The number of hydrogen-bond acceptors (Lipinski definition) is 7. The third-order valence-electron chi connectivity index (χ3n) is 3.78. The molecule has 0 bridgehead atoms. The summed E-state index contributed by atoms with van der Waals surface area (Å²) in [6.07, 6.45) is 4.25. The third kappa shape index (κ3) is 3.75. The Morgan fingerprint density at radius 2 is 2.04 bits per heavy atom. The number of anilines is 2. The molecular weight excluding hydrogens is 292 g/mol. The Balaban J connectivity index is 1.66. The summed E-state index contributed by atoms with van der Waals surface area (Å²) in [6, 6.07) is 0. The first-order chi connectivity index (χ1) is 11.0. The second-order valence-corrected chi connectivity index (χ2v) is 6.45. The molecule has 0 aliphatic heterocycles. The maximum atomic E-state index is 4.50. The number of hydrogen-bond donors (Lipinski definition) is 1. The summed E-state index contributed by atoms with van der Waals surface area (Å²) in [4.78, 5) is 15.3. The number of aromatic nitrogens is 6. The molecule has 2 aromatic rings. The van der Waals surface area contributed by atoms with Crippen molar-refractivity contribution in [2.24, 2.45) is 0 Å². The summed E-state index contributed by atoms with van der Waals surface area (Å²) < 4.78 is 2.11. The zero-order valence-electron chi connectivity index (χ0n) is 14.2. The van der Waals surface area contributed by atoms with Crippen LogP contribution in [0.3, 0.4) is 0 Å². The highest BCUT2D eigenvalue weighted by Gasteiger charge is 2.28. The molecule has 0 spiro atoms. The van der Waals surface area contributed by atoms with Crippen LogP contribution in [0.1, 0.15) is 50.2 Å². The predicted octanol–water partition coefficient (Wildman–Crippen LogP) is 1.64. The Labute approximate surface area is 136 Å². The van der Waals surface area contributed by atoms with Gasteiger partial charge in [-0.2, -0.15) is 15.0 Å². The van der Waals surface area contributed by atoms with E-state index < -0.39 is 0 Å². The first-order valence-electron chi connectivity index (χ1n) is 8.09. The van der Waals surface area contributed by atoms with Crippen LogP contribution in [-0.4, -0.2) is 50.4 Å². The van der Waals surface area contributed by atoms with Crippen LogP contribution in [-0.2, 0) is 6.54 Å². The van der Waals surface area contributed by atoms with Crippen molar-refractivity contribution in [3.63, 3.8) is 0 Å². The molecule has 23 heavy (non-hydrogen) atoms. The lowest BCUT2D eigenvalue weighted by atomic mass is 10.2. The summed E-state index contributed by atoms with van der Waals surface area (Å²) >= 11 is 0. The molecule has 8 heteroatoms. The fourth-order valence-electron chi connectivity index (χ4n) is 2.30. The van der Waals surface area contributed by atoms with E-state index in [9.17, 15) is 0 Å². The van der Waals surface area contributed by atoms with Gasteiger partial charge in [-0.05, 0) is 12.8 Å². The average Bonchev–Trinajstić information content (AvgIpc) is 3.26. The summed E-state index contributed by atoms with van der Waals surface area (Å²) in [6.45, 7) is 5.69. The smallest absolute Gasteiger partial charge is 0.229 e. The normalized spacial score (nSPS) is 14.3. The lowest BCUT2D eigenvalue weighted by Crippen LogP contribution is -2.19. The van der Waals surface area contributed by atoms with Crippen LogP contribution < -0.4 is 10.2 Å². The minimum absolute atomic E-state index is 0.261. The van der Waals surface area contributed by atoms with E-state index in [1.807, 2.05) is 19.0 Å². The minimum atomic E-state index is 0.261. The first-order valence-corrected chi connectivity index (χ1v) is 8.09. The number of nitrogens with zero attached hydrogens (tertiary/aromatic N) is 7. The van der Waals surface area contributed by atoms with E-state index in [4.69, 9.17) is 0 Å². The van der Waals surface area contributed by atoms with Gasteiger partial charge < -0.3 is 14.8 Å². The Morgan fingerprint density at radius 3 is 2.70 bits per heavy atom. The van der Waals surface area contributed by atoms with Crippen molar-refractivity contribution in [3.8, 4) is 0 Å². The second kappa shape index (κ2) is 6.47. The minimum Gasteiger partial charge on any atom is -0.352 e. The van der Waals surface area contributed by atoms with Gasteiger partial charge in [0.05, 0.1) is 0 Å². The molecule has 3 rings (SSSR count). The Kier molecular flexibility index (Phi) is 4.40. The van der Waals surface area contributed by atoms with Crippen molar-refractivity contribution in [2.45, 2.75) is 45.1 Å². The molecule has 2 heterocycles. The molecule has 1 saturated carbocycles. The topological polar surface area (TPSA) is 84.7 Å². The van der Waals surface area contributed by atoms with E-state index in [0.717, 1.165) is 24.7 Å². The average molecular weight is 316 g/mol. The molecule has 0 unspecified atom stereocenters. The molecule has 124 valence electrons. The van der Waals surface area contributed by atoms with Crippen LogP contribution in [0.15, 0.2) is 6.33 Å². The molecule has 0 aromatic carbocycles. The maximum absolute atomic E-state index is 4.50. The quantitative estimate of drug-likeness (QED) is 0.831. The van der Waals surface area contributed by atoms with E-state index in [-0.39, 0.29) is 5.92 Å². The lowest BCUT2D eigenvalue weighted by Gasteiger charge is -2.15. The van der Waals surface area contributed by atoms with Crippen molar-refractivity contribution in [2.75, 3.05) is 30.9 Å². The van der Waals surface area contributed by atoms with Gasteiger partial charge >= 0.3 is 0 Å². The highest BCUT2D eigenvalue weighted by atomic mass is 15.3. The van der Waals surface area contributed by atoms with Crippen LogP contribution in [0.5, 0.6) is 0 Å². The van der Waals surface area contributed by atoms with Gasteiger partial charge in [0, 0.05) is 39.0 Å².